The molecule has 0 unspecified atom stereocenters. The first-order valence-corrected chi connectivity index (χ1v) is 8.09. The lowest BCUT2D eigenvalue weighted by atomic mass is 9.88. The fraction of sp³-hybridized carbons (Fsp3) is 0.750. The quantitative estimate of drug-likeness (QED) is 0.820. The van der Waals surface area contributed by atoms with Gasteiger partial charge in [0.2, 0.25) is 0 Å². The van der Waals surface area contributed by atoms with Crippen LogP contribution < -0.4 is 5.32 Å². The molecule has 0 aromatic carbocycles. The van der Waals surface area contributed by atoms with Crippen molar-refractivity contribution in [2.24, 2.45) is 5.92 Å². The summed E-state index contributed by atoms with van der Waals surface area (Å²) in [6.07, 6.45) is 5.30. The molecular formula is C16H27N3O3. The van der Waals surface area contributed by atoms with Crippen molar-refractivity contribution < 1.29 is 14.1 Å². The van der Waals surface area contributed by atoms with Crippen LogP contribution >= 0.6 is 0 Å². The van der Waals surface area contributed by atoms with Crippen molar-refractivity contribution in [2.75, 3.05) is 20.2 Å². The van der Waals surface area contributed by atoms with Gasteiger partial charge >= 0.3 is 6.03 Å². The molecule has 2 atom stereocenters. The first-order valence-electron chi connectivity index (χ1n) is 8.09. The highest BCUT2D eigenvalue weighted by molar-refractivity contribution is 5.73. The number of aromatic nitrogens is 1. The zero-order valence-corrected chi connectivity index (χ0v) is 13.8. The predicted molar refractivity (Wildman–Crippen MR) is 83.5 cm³/mol. The largest absolute Gasteiger partial charge is 0.376 e. The number of aryl methyl sites for hydroxylation is 1. The van der Waals surface area contributed by atoms with Gasteiger partial charge < -0.3 is 19.5 Å². The monoisotopic (exact) mass is 309 g/mol. The van der Waals surface area contributed by atoms with E-state index in [9.17, 15) is 4.79 Å². The number of ether oxygens (including phenoxy) is 1. The van der Waals surface area contributed by atoms with Crippen LogP contribution in [0.2, 0.25) is 0 Å². The molecule has 0 radical (unpaired) electrons. The normalized spacial score (nSPS) is 21.6. The lowest BCUT2D eigenvalue weighted by Crippen LogP contribution is -2.39. The van der Waals surface area contributed by atoms with E-state index in [-0.39, 0.29) is 6.03 Å². The Morgan fingerprint density at radius 3 is 2.95 bits per heavy atom. The summed E-state index contributed by atoms with van der Waals surface area (Å²) in [5.74, 6) is 1.38. The van der Waals surface area contributed by atoms with Gasteiger partial charge in [-0.05, 0) is 25.7 Å². The van der Waals surface area contributed by atoms with Gasteiger partial charge in [0.1, 0.15) is 11.5 Å². The summed E-state index contributed by atoms with van der Waals surface area (Å²) in [5.41, 5.74) is 0.752. The molecule has 1 N–H and O–H groups in total. The Bertz CT molecular complexity index is 475. The molecule has 1 aromatic heterocycles. The number of nitrogens with one attached hydrogen (secondary N) is 1. The van der Waals surface area contributed by atoms with Gasteiger partial charge in [0, 0.05) is 19.7 Å². The van der Waals surface area contributed by atoms with E-state index in [1.165, 1.54) is 19.3 Å². The van der Waals surface area contributed by atoms with E-state index in [4.69, 9.17) is 9.26 Å². The van der Waals surface area contributed by atoms with Crippen molar-refractivity contribution in [2.45, 2.75) is 52.2 Å². The third kappa shape index (κ3) is 5.02. The molecular weight excluding hydrogens is 282 g/mol. The molecule has 6 nitrogen and oxygen atoms in total. The van der Waals surface area contributed by atoms with Gasteiger partial charge in [0.15, 0.2) is 0 Å². The smallest absolute Gasteiger partial charge is 0.317 e. The maximum atomic E-state index is 12.0. The number of carbonyl (C=O) groups is 1. The molecule has 1 heterocycles. The molecule has 2 amide bonds. The molecule has 0 bridgehead atoms. The van der Waals surface area contributed by atoms with Crippen molar-refractivity contribution in [3.05, 3.63) is 17.5 Å². The number of hydrogen-bond donors (Lipinski definition) is 1. The number of nitrogens with zero attached hydrogens (tertiary/aromatic N) is 2. The Morgan fingerprint density at radius 2 is 2.27 bits per heavy atom. The van der Waals surface area contributed by atoms with Gasteiger partial charge in [0.25, 0.3) is 0 Å². The molecule has 1 aliphatic carbocycles. The number of carbonyl (C=O) groups excluding carboxylic acids is 1. The highest BCUT2D eigenvalue weighted by Crippen LogP contribution is 2.25. The van der Waals surface area contributed by atoms with Gasteiger partial charge in [-0.3, -0.25) is 0 Å². The standard InChI is InChI=1S/C16H27N3O3/c1-12-6-4-5-7-15(12)21-9-8-17-16(20)19(3)11-14-10-13(2)22-18-14/h10,12,15H,4-9,11H2,1-3H3,(H,17,20)/t12-,15+/m0/s1. The number of amides is 2. The van der Waals surface area contributed by atoms with E-state index < -0.39 is 0 Å². The van der Waals surface area contributed by atoms with Crippen LogP contribution in [0.15, 0.2) is 10.6 Å². The second kappa shape index (κ2) is 8.17. The molecule has 1 saturated carbocycles. The van der Waals surface area contributed by atoms with Crippen LogP contribution in [0.5, 0.6) is 0 Å². The van der Waals surface area contributed by atoms with E-state index in [0.717, 1.165) is 17.9 Å². The van der Waals surface area contributed by atoms with Crippen molar-refractivity contribution >= 4 is 6.03 Å². The average Bonchev–Trinajstić information content (AvgIpc) is 2.90. The Morgan fingerprint density at radius 1 is 1.50 bits per heavy atom. The molecule has 22 heavy (non-hydrogen) atoms. The maximum absolute atomic E-state index is 12.0. The van der Waals surface area contributed by atoms with Crippen molar-refractivity contribution in [1.29, 1.82) is 0 Å². The van der Waals surface area contributed by atoms with Crippen LogP contribution in [0.1, 0.15) is 44.1 Å². The highest BCUT2D eigenvalue weighted by Gasteiger charge is 2.21. The topological polar surface area (TPSA) is 67.6 Å². The van der Waals surface area contributed by atoms with Crippen LogP contribution in [-0.4, -0.2) is 42.4 Å². The van der Waals surface area contributed by atoms with Crippen molar-refractivity contribution in [1.82, 2.24) is 15.4 Å². The van der Waals surface area contributed by atoms with E-state index in [1.807, 2.05) is 13.0 Å². The summed E-state index contributed by atoms with van der Waals surface area (Å²) in [6.45, 7) is 5.61. The van der Waals surface area contributed by atoms with Crippen LogP contribution in [0, 0.1) is 12.8 Å². The second-order valence-corrected chi connectivity index (χ2v) is 6.19. The summed E-state index contributed by atoms with van der Waals surface area (Å²) in [6, 6.07) is 1.71. The summed E-state index contributed by atoms with van der Waals surface area (Å²) in [5, 5.41) is 6.75. The minimum atomic E-state index is -0.124. The predicted octanol–water partition coefficient (Wildman–Crippen LogP) is 2.72. The minimum Gasteiger partial charge on any atom is -0.376 e. The van der Waals surface area contributed by atoms with Crippen LogP contribution in [0.3, 0.4) is 0 Å². The fourth-order valence-corrected chi connectivity index (χ4v) is 2.84. The van der Waals surface area contributed by atoms with Crippen molar-refractivity contribution in [3.8, 4) is 0 Å². The third-order valence-electron chi connectivity index (χ3n) is 4.17. The summed E-state index contributed by atoms with van der Waals surface area (Å²) < 4.78 is 10.9. The Balaban J connectivity index is 1.62. The first-order chi connectivity index (χ1) is 10.6. The number of hydrogen-bond acceptors (Lipinski definition) is 4. The molecule has 0 spiro atoms. The van der Waals surface area contributed by atoms with Gasteiger partial charge in [-0.1, -0.05) is 24.9 Å². The summed E-state index contributed by atoms with van der Waals surface area (Å²) in [7, 11) is 1.74. The van der Waals surface area contributed by atoms with E-state index in [2.05, 4.69) is 17.4 Å². The summed E-state index contributed by atoms with van der Waals surface area (Å²) >= 11 is 0. The summed E-state index contributed by atoms with van der Waals surface area (Å²) in [4.78, 5) is 13.6. The Labute approximate surface area is 132 Å². The zero-order chi connectivity index (χ0) is 15.9. The highest BCUT2D eigenvalue weighted by atomic mass is 16.5. The molecule has 1 aliphatic rings. The van der Waals surface area contributed by atoms with E-state index in [1.54, 1.807) is 11.9 Å². The zero-order valence-electron chi connectivity index (χ0n) is 13.8. The van der Waals surface area contributed by atoms with Crippen LogP contribution in [0.25, 0.3) is 0 Å². The third-order valence-corrected chi connectivity index (χ3v) is 4.17. The van der Waals surface area contributed by atoms with E-state index in [0.29, 0.717) is 31.7 Å². The van der Waals surface area contributed by atoms with Crippen molar-refractivity contribution in [3.63, 3.8) is 0 Å². The van der Waals surface area contributed by atoms with Gasteiger partial charge in [-0.25, -0.2) is 4.79 Å². The van der Waals surface area contributed by atoms with Crippen LogP contribution in [-0.2, 0) is 11.3 Å². The number of urea groups is 1. The number of rotatable bonds is 6. The second-order valence-electron chi connectivity index (χ2n) is 6.19. The SMILES string of the molecule is Cc1cc(CN(C)C(=O)NCCO[C@@H]2CCCC[C@@H]2C)no1. The molecule has 2 rings (SSSR count). The minimum absolute atomic E-state index is 0.124. The van der Waals surface area contributed by atoms with Gasteiger partial charge in [-0.2, -0.15) is 0 Å². The Hall–Kier alpha value is -1.56. The maximum Gasteiger partial charge on any atom is 0.317 e. The molecule has 1 aromatic rings. The average molecular weight is 309 g/mol. The van der Waals surface area contributed by atoms with Crippen LogP contribution in [0.4, 0.5) is 4.79 Å². The molecule has 124 valence electrons. The lowest BCUT2D eigenvalue weighted by Gasteiger charge is -2.28. The Kier molecular flexibility index (Phi) is 6.24. The van der Waals surface area contributed by atoms with E-state index >= 15 is 0 Å². The molecule has 0 saturated heterocycles. The van der Waals surface area contributed by atoms with Gasteiger partial charge in [0.05, 0.1) is 19.3 Å². The fourth-order valence-electron chi connectivity index (χ4n) is 2.84. The molecule has 1 fully saturated rings. The first kappa shape index (κ1) is 16.8. The molecule has 6 heteroatoms. The lowest BCUT2D eigenvalue weighted by molar-refractivity contribution is -0.00267. The molecule has 0 aliphatic heterocycles. The van der Waals surface area contributed by atoms with Gasteiger partial charge in [-0.15, -0.1) is 0 Å².